The van der Waals surface area contributed by atoms with Gasteiger partial charge in [-0.15, -0.1) is 0 Å². The summed E-state index contributed by atoms with van der Waals surface area (Å²) in [5.74, 6) is 1.82. The van der Waals surface area contributed by atoms with E-state index in [2.05, 4.69) is 13.0 Å². The van der Waals surface area contributed by atoms with Crippen LogP contribution in [0.25, 0.3) is 0 Å². The van der Waals surface area contributed by atoms with Crippen molar-refractivity contribution < 1.29 is 9.47 Å². The molecular formula is C10H16O2. The molecule has 0 amide bonds. The Balaban J connectivity index is 2.06. The fraction of sp³-hybridized carbons (Fsp3) is 0.800. The molecule has 1 saturated heterocycles. The summed E-state index contributed by atoms with van der Waals surface area (Å²) >= 11 is 0. The fourth-order valence-corrected chi connectivity index (χ4v) is 1.91. The minimum Gasteiger partial charge on any atom is -0.493 e. The van der Waals surface area contributed by atoms with Crippen LogP contribution in [0.15, 0.2) is 11.8 Å². The van der Waals surface area contributed by atoms with E-state index in [1.165, 1.54) is 12.8 Å². The quantitative estimate of drug-likeness (QED) is 0.597. The summed E-state index contributed by atoms with van der Waals surface area (Å²) in [5, 5.41) is 0. The Morgan fingerprint density at radius 1 is 1.42 bits per heavy atom. The first-order valence-electron chi connectivity index (χ1n) is 4.86. The van der Waals surface area contributed by atoms with Crippen LogP contribution < -0.4 is 0 Å². The Labute approximate surface area is 73.5 Å². The van der Waals surface area contributed by atoms with Crippen LogP contribution in [0.4, 0.5) is 0 Å². The van der Waals surface area contributed by atoms with Gasteiger partial charge in [0.1, 0.15) is 18.5 Å². The van der Waals surface area contributed by atoms with Crippen LogP contribution in [0, 0.1) is 5.92 Å². The molecule has 2 unspecified atom stereocenters. The molecule has 2 aliphatic rings. The predicted octanol–water partition coefficient (Wildman–Crippen LogP) is 2.11. The van der Waals surface area contributed by atoms with Gasteiger partial charge in [-0.1, -0.05) is 6.92 Å². The number of allylic oxidation sites excluding steroid dienone is 1. The Kier molecular flexibility index (Phi) is 2.35. The van der Waals surface area contributed by atoms with Gasteiger partial charge in [0.2, 0.25) is 0 Å². The van der Waals surface area contributed by atoms with Crippen LogP contribution in [0.1, 0.15) is 26.2 Å². The van der Waals surface area contributed by atoms with E-state index in [1.54, 1.807) is 0 Å². The second-order valence-corrected chi connectivity index (χ2v) is 3.52. The first-order valence-corrected chi connectivity index (χ1v) is 4.86. The van der Waals surface area contributed by atoms with E-state index in [0.29, 0.717) is 0 Å². The normalized spacial score (nSPS) is 34.9. The summed E-state index contributed by atoms with van der Waals surface area (Å²) in [6.45, 7) is 3.73. The van der Waals surface area contributed by atoms with E-state index in [1.807, 2.05) is 0 Å². The van der Waals surface area contributed by atoms with E-state index in [9.17, 15) is 0 Å². The number of ether oxygens (including phenoxy) is 2. The molecule has 0 aromatic carbocycles. The van der Waals surface area contributed by atoms with Crippen LogP contribution >= 0.6 is 0 Å². The smallest absolute Gasteiger partial charge is 0.121 e. The lowest BCUT2D eigenvalue weighted by molar-refractivity contribution is -0.0529. The molecule has 0 aromatic heterocycles. The molecule has 0 bridgehead atoms. The first-order chi connectivity index (χ1) is 5.90. The van der Waals surface area contributed by atoms with E-state index < -0.39 is 0 Å². The zero-order valence-corrected chi connectivity index (χ0v) is 7.58. The van der Waals surface area contributed by atoms with Gasteiger partial charge in [-0.2, -0.15) is 0 Å². The molecule has 0 N–H and O–H groups in total. The maximum atomic E-state index is 5.58. The van der Waals surface area contributed by atoms with Gasteiger partial charge in [0, 0.05) is 0 Å². The highest BCUT2D eigenvalue weighted by Gasteiger charge is 2.26. The summed E-state index contributed by atoms with van der Waals surface area (Å²) < 4.78 is 11.1. The lowest BCUT2D eigenvalue weighted by Crippen LogP contribution is -2.30. The molecule has 1 aliphatic heterocycles. The van der Waals surface area contributed by atoms with Gasteiger partial charge in [-0.3, -0.25) is 0 Å². The van der Waals surface area contributed by atoms with E-state index in [-0.39, 0.29) is 6.10 Å². The monoisotopic (exact) mass is 168 g/mol. The molecule has 2 atom stereocenters. The van der Waals surface area contributed by atoms with Gasteiger partial charge in [0.15, 0.2) is 0 Å². The average molecular weight is 168 g/mol. The highest BCUT2D eigenvalue weighted by atomic mass is 16.6. The molecule has 0 saturated carbocycles. The minimum atomic E-state index is 0.279. The number of rotatable bonds is 1. The van der Waals surface area contributed by atoms with Gasteiger partial charge in [0.05, 0.1) is 6.61 Å². The topological polar surface area (TPSA) is 18.5 Å². The summed E-state index contributed by atoms with van der Waals surface area (Å²) in [5.41, 5.74) is 0. The van der Waals surface area contributed by atoms with Crippen LogP contribution in [0.2, 0.25) is 0 Å². The van der Waals surface area contributed by atoms with Gasteiger partial charge in [0.25, 0.3) is 0 Å². The Bertz CT molecular complexity index is 186. The van der Waals surface area contributed by atoms with Crippen molar-refractivity contribution in [1.82, 2.24) is 0 Å². The molecule has 12 heavy (non-hydrogen) atoms. The molecule has 1 fully saturated rings. The predicted molar refractivity (Wildman–Crippen MR) is 46.8 cm³/mol. The van der Waals surface area contributed by atoms with Gasteiger partial charge in [-0.25, -0.2) is 0 Å². The molecule has 1 aliphatic carbocycles. The largest absolute Gasteiger partial charge is 0.493 e. The van der Waals surface area contributed by atoms with Crippen molar-refractivity contribution in [2.45, 2.75) is 32.3 Å². The third-order valence-electron chi connectivity index (χ3n) is 2.71. The van der Waals surface area contributed by atoms with Gasteiger partial charge < -0.3 is 9.47 Å². The lowest BCUT2D eigenvalue weighted by Gasteiger charge is -2.31. The molecule has 2 rings (SSSR count). The van der Waals surface area contributed by atoms with E-state index >= 15 is 0 Å². The lowest BCUT2D eigenvalue weighted by atomic mass is 9.90. The summed E-state index contributed by atoms with van der Waals surface area (Å²) in [6.07, 6.45) is 6.16. The highest BCUT2D eigenvalue weighted by molar-refractivity contribution is 5.08. The summed E-state index contributed by atoms with van der Waals surface area (Å²) in [6, 6.07) is 0. The zero-order valence-electron chi connectivity index (χ0n) is 7.58. The molecule has 2 heteroatoms. The second kappa shape index (κ2) is 3.48. The molecular weight excluding hydrogens is 152 g/mol. The number of hydrogen-bond acceptors (Lipinski definition) is 2. The Hall–Kier alpha value is -0.500. The van der Waals surface area contributed by atoms with Crippen molar-refractivity contribution >= 4 is 0 Å². The molecule has 2 nitrogen and oxygen atoms in total. The van der Waals surface area contributed by atoms with Crippen molar-refractivity contribution in [3.8, 4) is 0 Å². The standard InChI is InChI=1S/C10H16O2/c1-2-8-3-4-9-10(7-8)12-6-5-11-9/h7-9H,2-6H2,1H3. The summed E-state index contributed by atoms with van der Waals surface area (Å²) in [7, 11) is 0. The zero-order chi connectivity index (χ0) is 8.39. The SMILES string of the molecule is CCC1C=C2OCCOC2CC1. The van der Waals surface area contributed by atoms with Crippen LogP contribution in [-0.2, 0) is 9.47 Å². The van der Waals surface area contributed by atoms with Gasteiger partial charge >= 0.3 is 0 Å². The average Bonchev–Trinajstić information content (AvgIpc) is 2.17. The van der Waals surface area contributed by atoms with Crippen LogP contribution in [-0.4, -0.2) is 19.3 Å². The third kappa shape index (κ3) is 1.48. The van der Waals surface area contributed by atoms with Crippen molar-refractivity contribution in [3.63, 3.8) is 0 Å². The van der Waals surface area contributed by atoms with E-state index in [4.69, 9.17) is 9.47 Å². The minimum absolute atomic E-state index is 0.279. The summed E-state index contributed by atoms with van der Waals surface area (Å²) in [4.78, 5) is 0. The van der Waals surface area contributed by atoms with Crippen LogP contribution in [0.5, 0.6) is 0 Å². The number of hydrogen-bond donors (Lipinski definition) is 0. The Morgan fingerprint density at radius 2 is 2.33 bits per heavy atom. The Morgan fingerprint density at radius 3 is 3.17 bits per heavy atom. The molecule has 0 aromatic rings. The van der Waals surface area contributed by atoms with E-state index in [0.717, 1.165) is 31.3 Å². The van der Waals surface area contributed by atoms with Crippen LogP contribution in [0.3, 0.4) is 0 Å². The molecule has 0 spiro atoms. The van der Waals surface area contributed by atoms with Crippen molar-refractivity contribution in [1.29, 1.82) is 0 Å². The van der Waals surface area contributed by atoms with Gasteiger partial charge in [-0.05, 0) is 31.3 Å². The maximum absolute atomic E-state index is 5.58. The van der Waals surface area contributed by atoms with Crippen molar-refractivity contribution in [2.24, 2.45) is 5.92 Å². The maximum Gasteiger partial charge on any atom is 0.121 e. The molecule has 0 radical (unpaired) electrons. The molecule has 68 valence electrons. The second-order valence-electron chi connectivity index (χ2n) is 3.52. The third-order valence-corrected chi connectivity index (χ3v) is 2.71. The molecule has 1 heterocycles. The number of fused-ring (bicyclic) bond motifs is 1. The van der Waals surface area contributed by atoms with Crippen molar-refractivity contribution in [2.75, 3.05) is 13.2 Å². The first kappa shape index (κ1) is 8.11. The van der Waals surface area contributed by atoms with Crippen molar-refractivity contribution in [3.05, 3.63) is 11.8 Å². The fourth-order valence-electron chi connectivity index (χ4n) is 1.91. The highest BCUT2D eigenvalue weighted by Crippen LogP contribution is 2.29.